The molecule has 3 rings (SSSR count). The fourth-order valence-corrected chi connectivity index (χ4v) is 5.80. The molecule has 0 radical (unpaired) electrons. The molecular weight excluding hydrogens is 522 g/mol. The quantitative estimate of drug-likeness (QED) is 0.249. The summed E-state index contributed by atoms with van der Waals surface area (Å²) < 4.78 is 11.8. The zero-order chi connectivity index (χ0) is 25.3. The Labute approximate surface area is 221 Å². The lowest BCUT2D eigenvalue weighted by atomic mass is 9.83. The van der Waals surface area contributed by atoms with Crippen molar-refractivity contribution in [1.82, 2.24) is 10.6 Å². The highest BCUT2D eigenvalue weighted by atomic mass is 35.5. The number of benzene rings is 1. The molecule has 2 fully saturated rings. The first-order valence-electron chi connectivity index (χ1n) is 11.6. The molecule has 0 aromatic heterocycles. The highest BCUT2D eigenvalue weighted by Gasteiger charge is 2.40. The van der Waals surface area contributed by atoms with Crippen LogP contribution < -0.4 is 10.6 Å². The van der Waals surface area contributed by atoms with Crippen LogP contribution >= 0.6 is 46.4 Å². The number of rotatable bonds is 6. The maximum atomic E-state index is 13.4. The summed E-state index contributed by atoms with van der Waals surface area (Å²) in [6.07, 6.45) is 3.43. The van der Waals surface area contributed by atoms with Crippen molar-refractivity contribution < 1.29 is 19.1 Å². The van der Waals surface area contributed by atoms with E-state index in [0.717, 1.165) is 51.9 Å². The maximum absolute atomic E-state index is 13.4. The van der Waals surface area contributed by atoms with Crippen molar-refractivity contribution in [1.29, 1.82) is 0 Å². The third-order valence-corrected chi connectivity index (χ3v) is 8.83. The molecule has 2 aliphatic rings. The van der Waals surface area contributed by atoms with Gasteiger partial charge in [-0.25, -0.2) is 9.59 Å². The van der Waals surface area contributed by atoms with Crippen molar-refractivity contribution in [3.05, 3.63) is 31.2 Å². The zero-order valence-corrected chi connectivity index (χ0v) is 23.0. The molecule has 0 bridgehead atoms. The zero-order valence-electron chi connectivity index (χ0n) is 20.0. The summed E-state index contributed by atoms with van der Waals surface area (Å²) >= 11 is 25.4. The Morgan fingerprint density at radius 2 is 0.941 bits per heavy atom. The van der Waals surface area contributed by atoms with Crippen LogP contribution in [0.1, 0.15) is 74.1 Å². The van der Waals surface area contributed by atoms with Crippen LogP contribution in [0.2, 0.25) is 20.1 Å². The number of esters is 2. The van der Waals surface area contributed by atoms with Crippen molar-refractivity contribution in [2.75, 3.05) is 26.2 Å². The molecule has 0 aliphatic carbocycles. The van der Waals surface area contributed by atoms with E-state index in [1.165, 1.54) is 0 Å². The van der Waals surface area contributed by atoms with Crippen LogP contribution in [0.5, 0.6) is 0 Å². The third-order valence-electron chi connectivity index (χ3n) is 7.03. The third kappa shape index (κ3) is 5.96. The Kier molecular flexibility index (Phi) is 9.08. The van der Waals surface area contributed by atoms with Gasteiger partial charge in [-0.3, -0.25) is 0 Å². The van der Waals surface area contributed by atoms with Crippen LogP contribution in [-0.2, 0) is 9.47 Å². The minimum atomic E-state index is -0.795. The van der Waals surface area contributed by atoms with Gasteiger partial charge in [0.2, 0.25) is 0 Å². The number of hydrogen-bond acceptors (Lipinski definition) is 6. The Balaban J connectivity index is 1.95. The molecule has 2 heterocycles. The Bertz CT molecular complexity index is 865. The fraction of sp³-hybridized carbons (Fsp3) is 0.667. The summed E-state index contributed by atoms with van der Waals surface area (Å²) in [6, 6.07) is 0. The van der Waals surface area contributed by atoms with E-state index >= 15 is 0 Å². The lowest BCUT2D eigenvalue weighted by Crippen LogP contribution is -2.43. The van der Waals surface area contributed by atoms with Gasteiger partial charge in [0.1, 0.15) is 11.2 Å². The molecule has 0 amide bonds. The van der Waals surface area contributed by atoms with E-state index in [-0.39, 0.29) is 43.1 Å². The molecule has 0 unspecified atom stereocenters. The second kappa shape index (κ2) is 11.1. The summed E-state index contributed by atoms with van der Waals surface area (Å²) in [4.78, 5) is 26.9. The number of carbonyl (C=O) groups excluding carboxylic acids is 2. The van der Waals surface area contributed by atoms with E-state index < -0.39 is 23.1 Å². The van der Waals surface area contributed by atoms with E-state index in [2.05, 4.69) is 10.6 Å². The molecule has 190 valence electrons. The summed E-state index contributed by atoms with van der Waals surface area (Å²) in [6.45, 7) is 10.8. The minimum absolute atomic E-state index is 0.117. The standard InChI is InChI=1S/C24H32Cl4N2O4/c1-23(2,13-5-9-29-10-6-13)33-21(31)15-16(18(26)20(28)19(27)17(15)25)22(32)34-24(3,4)14-7-11-30-12-8-14/h13-14,29-30H,5-12H2,1-4H3. The molecule has 2 saturated heterocycles. The van der Waals surface area contributed by atoms with E-state index in [1.54, 1.807) is 0 Å². The van der Waals surface area contributed by atoms with Crippen molar-refractivity contribution >= 4 is 58.3 Å². The first kappa shape index (κ1) is 27.8. The van der Waals surface area contributed by atoms with E-state index in [4.69, 9.17) is 55.9 Å². The normalized spacial score (nSPS) is 18.6. The van der Waals surface area contributed by atoms with Gasteiger partial charge < -0.3 is 20.1 Å². The van der Waals surface area contributed by atoms with Gasteiger partial charge in [0.25, 0.3) is 0 Å². The molecular formula is C24H32Cl4N2O4. The number of piperidine rings is 2. The summed E-state index contributed by atoms with van der Waals surface area (Å²) in [5.74, 6) is -1.30. The lowest BCUT2D eigenvalue weighted by molar-refractivity contribution is -0.0406. The molecule has 2 N–H and O–H groups in total. The van der Waals surface area contributed by atoms with Crippen LogP contribution in [-0.4, -0.2) is 49.3 Å². The Morgan fingerprint density at radius 3 is 1.24 bits per heavy atom. The summed E-state index contributed by atoms with van der Waals surface area (Å²) in [5.41, 5.74) is -2.05. The van der Waals surface area contributed by atoms with Crippen LogP contribution in [0.4, 0.5) is 0 Å². The smallest absolute Gasteiger partial charge is 0.341 e. The summed E-state index contributed by atoms with van der Waals surface area (Å²) in [5, 5.41) is 5.99. The maximum Gasteiger partial charge on any atom is 0.341 e. The van der Waals surface area contributed by atoms with Crippen LogP contribution in [0.3, 0.4) is 0 Å². The number of carbonyl (C=O) groups is 2. The second-order valence-electron chi connectivity index (χ2n) is 10.0. The van der Waals surface area contributed by atoms with Gasteiger partial charge in [0.05, 0.1) is 31.2 Å². The molecule has 2 aliphatic heterocycles. The predicted octanol–water partition coefficient (Wildman–Crippen LogP) is 6.17. The molecule has 10 heteroatoms. The molecule has 34 heavy (non-hydrogen) atoms. The summed E-state index contributed by atoms with van der Waals surface area (Å²) in [7, 11) is 0. The fourth-order valence-electron chi connectivity index (χ4n) is 4.80. The van der Waals surface area contributed by atoms with Gasteiger partial charge in [-0.2, -0.15) is 0 Å². The number of hydrogen-bond donors (Lipinski definition) is 2. The van der Waals surface area contributed by atoms with Gasteiger partial charge in [0, 0.05) is 11.8 Å². The van der Waals surface area contributed by atoms with Gasteiger partial charge in [-0.1, -0.05) is 46.4 Å². The van der Waals surface area contributed by atoms with E-state index in [9.17, 15) is 9.59 Å². The van der Waals surface area contributed by atoms with E-state index in [0.29, 0.717) is 0 Å². The first-order chi connectivity index (χ1) is 15.9. The van der Waals surface area contributed by atoms with Crippen molar-refractivity contribution in [2.45, 2.75) is 64.6 Å². The second-order valence-corrected chi connectivity index (χ2v) is 11.6. The lowest BCUT2D eigenvalue weighted by Gasteiger charge is -2.37. The number of ether oxygens (including phenoxy) is 2. The highest BCUT2D eigenvalue weighted by Crippen LogP contribution is 2.44. The Hall–Kier alpha value is -0.760. The van der Waals surface area contributed by atoms with Crippen LogP contribution in [0.15, 0.2) is 0 Å². The Morgan fingerprint density at radius 1 is 0.647 bits per heavy atom. The molecule has 0 saturated carbocycles. The van der Waals surface area contributed by atoms with Crippen molar-refractivity contribution in [3.8, 4) is 0 Å². The van der Waals surface area contributed by atoms with E-state index in [1.807, 2.05) is 27.7 Å². The van der Waals surface area contributed by atoms with Crippen molar-refractivity contribution in [3.63, 3.8) is 0 Å². The molecule has 0 spiro atoms. The minimum Gasteiger partial charge on any atom is -0.456 e. The van der Waals surface area contributed by atoms with Crippen molar-refractivity contribution in [2.24, 2.45) is 11.8 Å². The van der Waals surface area contributed by atoms with Crippen LogP contribution in [0.25, 0.3) is 0 Å². The molecule has 6 nitrogen and oxygen atoms in total. The molecule has 1 aromatic rings. The SMILES string of the molecule is CC(C)(OC(=O)c1c(Cl)c(Cl)c(Cl)c(Cl)c1C(=O)OC(C)(C)C1CCNCC1)C1CCNCC1. The first-order valence-corrected chi connectivity index (χ1v) is 13.1. The van der Waals surface area contributed by atoms with Gasteiger partial charge in [-0.05, 0) is 79.6 Å². The molecule has 0 atom stereocenters. The number of nitrogens with one attached hydrogen (secondary N) is 2. The van der Waals surface area contributed by atoms with Gasteiger partial charge >= 0.3 is 11.9 Å². The van der Waals surface area contributed by atoms with Crippen LogP contribution in [0, 0.1) is 11.8 Å². The molecule has 1 aromatic carbocycles. The predicted molar refractivity (Wildman–Crippen MR) is 137 cm³/mol. The van der Waals surface area contributed by atoms with Gasteiger partial charge in [0.15, 0.2) is 0 Å². The average Bonchev–Trinajstić information content (AvgIpc) is 2.80. The average molecular weight is 554 g/mol. The number of halogens is 4. The highest BCUT2D eigenvalue weighted by molar-refractivity contribution is 6.54. The van der Waals surface area contributed by atoms with Gasteiger partial charge in [-0.15, -0.1) is 0 Å². The largest absolute Gasteiger partial charge is 0.456 e. The topological polar surface area (TPSA) is 76.7 Å². The monoisotopic (exact) mass is 552 g/mol.